The Morgan fingerprint density at radius 1 is 1.12 bits per heavy atom. The summed E-state index contributed by atoms with van der Waals surface area (Å²) in [6.07, 6.45) is 4.83. The van der Waals surface area contributed by atoms with Gasteiger partial charge in [-0.25, -0.2) is 0 Å². The lowest BCUT2D eigenvalue weighted by Crippen LogP contribution is -2.58. The molecule has 2 aromatic rings. The lowest BCUT2D eigenvalue weighted by molar-refractivity contribution is -0.142. The van der Waals surface area contributed by atoms with E-state index < -0.39 is 6.10 Å². The predicted octanol–water partition coefficient (Wildman–Crippen LogP) is 3.96. The molecule has 0 spiro atoms. The van der Waals surface area contributed by atoms with E-state index in [0.29, 0.717) is 12.1 Å². The number of nitrogens with zero attached hydrogens (tertiary/aromatic N) is 1. The van der Waals surface area contributed by atoms with Gasteiger partial charge in [0.15, 0.2) is 0 Å². The normalized spacial score (nSPS) is 31.7. The summed E-state index contributed by atoms with van der Waals surface area (Å²) in [7, 11) is 0. The van der Waals surface area contributed by atoms with Gasteiger partial charge in [0.05, 0.1) is 18.3 Å². The van der Waals surface area contributed by atoms with Gasteiger partial charge in [-0.15, -0.1) is 0 Å². The number of aliphatic hydroxyl groups excluding tert-OH is 1. The van der Waals surface area contributed by atoms with E-state index in [1.165, 1.54) is 0 Å². The van der Waals surface area contributed by atoms with Crippen molar-refractivity contribution in [3.8, 4) is 0 Å². The van der Waals surface area contributed by atoms with Crippen molar-refractivity contribution in [1.29, 1.82) is 0 Å². The summed E-state index contributed by atoms with van der Waals surface area (Å²) >= 11 is 0. The number of nitrogens with one attached hydrogen (secondary N) is 2. The Labute approximate surface area is 202 Å². The summed E-state index contributed by atoms with van der Waals surface area (Å²) in [5, 5.41) is 17.8. The second-order valence-corrected chi connectivity index (χ2v) is 10.5. The van der Waals surface area contributed by atoms with Crippen molar-refractivity contribution >= 4 is 11.8 Å². The Kier molecular flexibility index (Phi) is 7.36. The first-order valence-corrected chi connectivity index (χ1v) is 12.5. The molecule has 2 fully saturated rings. The van der Waals surface area contributed by atoms with E-state index in [4.69, 9.17) is 0 Å². The van der Waals surface area contributed by atoms with Crippen LogP contribution in [0.3, 0.4) is 0 Å². The minimum atomic E-state index is -0.583. The summed E-state index contributed by atoms with van der Waals surface area (Å²) in [5.41, 5.74) is 1.49. The molecular formula is C28H37N3O3. The average molecular weight is 464 g/mol. The quantitative estimate of drug-likeness (QED) is 0.605. The van der Waals surface area contributed by atoms with E-state index in [1.807, 2.05) is 55.5 Å². The molecule has 0 radical (unpaired) electrons. The molecule has 0 aliphatic heterocycles. The number of fused-ring (bicyclic) bond motifs is 1. The Morgan fingerprint density at radius 2 is 1.82 bits per heavy atom. The van der Waals surface area contributed by atoms with Crippen LogP contribution in [0.5, 0.6) is 0 Å². The lowest BCUT2D eigenvalue weighted by Gasteiger charge is -2.56. The fraction of sp³-hybridized carbons (Fsp3) is 0.536. The molecule has 0 bridgehead atoms. The van der Waals surface area contributed by atoms with Crippen LogP contribution in [0.15, 0.2) is 54.7 Å². The maximum atomic E-state index is 12.9. The van der Waals surface area contributed by atoms with Crippen LogP contribution in [-0.4, -0.2) is 34.1 Å². The highest BCUT2D eigenvalue weighted by Gasteiger charge is 2.53. The second-order valence-electron chi connectivity index (χ2n) is 10.5. The van der Waals surface area contributed by atoms with Crippen LogP contribution >= 0.6 is 0 Å². The highest BCUT2D eigenvalue weighted by atomic mass is 16.3. The number of aliphatic hydroxyl groups is 1. The van der Waals surface area contributed by atoms with E-state index in [0.717, 1.165) is 31.4 Å². The van der Waals surface area contributed by atoms with Gasteiger partial charge in [-0.05, 0) is 73.1 Å². The number of aromatic nitrogens is 1. The molecule has 6 nitrogen and oxygen atoms in total. The third-order valence-electron chi connectivity index (χ3n) is 8.47. The molecule has 0 saturated heterocycles. The maximum absolute atomic E-state index is 12.9. The number of amides is 2. The average Bonchev–Trinajstić information content (AvgIpc) is 2.85. The van der Waals surface area contributed by atoms with Crippen molar-refractivity contribution in [2.45, 2.75) is 65.1 Å². The van der Waals surface area contributed by atoms with Gasteiger partial charge in [-0.1, -0.05) is 45.0 Å². The fourth-order valence-corrected chi connectivity index (χ4v) is 6.37. The van der Waals surface area contributed by atoms with Gasteiger partial charge in [0.25, 0.3) is 5.91 Å². The van der Waals surface area contributed by atoms with Gasteiger partial charge in [-0.3, -0.25) is 14.6 Å². The molecule has 1 heterocycles. The van der Waals surface area contributed by atoms with Crippen molar-refractivity contribution in [1.82, 2.24) is 15.6 Å². The third kappa shape index (κ3) is 5.02. The van der Waals surface area contributed by atoms with Crippen LogP contribution < -0.4 is 10.6 Å². The van der Waals surface area contributed by atoms with Crippen molar-refractivity contribution in [3.05, 3.63) is 66.0 Å². The zero-order valence-electron chi connectivity index (χ0n) is 20.4. The third-order valence-corrected chi connectivity index (χ3v) is 8.47. The molecule has 2 amide bonds. The van der Waals surface area contributed by atoms with Crippen LogP contribution in [-0.2, 0) is 11.3 Å². The molecule has 4 rings (SSSR count). The Balaban J connectivity index is 1.42. The standard InChI is InChI=1S/C28H37N3O3/c1-18(26(33)30-17-21-11-7-8-16-29-21)22-12-14-28(3)15-13-23(19(2)24(28)25(22)32)31-27(34)20-9-5-4-6-10-20/h4-11,16,18-19,22-25,32H,12-15,17H2,1-3H3,(H,30,33)(H,31,34)/t18-,19+,22-,23-,24+,25-,28-/m0/s1. The number of pyridine rings is 1. The Bertz CT molecular complexity index is 983. The van der Waals surface area contributed by atoms with Crippen LogP contribution in [0.1, 0.15) is 62.5 Å². The zero-order valence-corrected chi connectivity index (χ0v) is 20.4. The van der Waals surface area contributed by atoms with Crippen LogP contribution in [0.4, 0.5) is 0 Å². The largest absolute Gasteiger partial charge is 0.392 e. The summed E-state index contributed by atoms with van der Waals surface area (Å²) in [6, 6.07) is 14.9. The minimum absolute atomic E-state index is 0.00692. The van der Waals surface area contributed by atoms with Crippen LogP contribution in [0.25, 0.3) is 0 Å². The van der Waals surface area contributed by atoms with Crippen molar-refractivity contribution in [3.63, 3.8) is 0 Å². The smallest absolute Gasteiger partial charge is 0.251 e. The van der Waals surface area contributed by atoms with Gasteiger partial charge in [0.1, 0.15) is 0 Å². The number of carbonyl (C=O) groups is 2. The maximum Gasteiger partial charge on any atom is 0.251 e. The summed E-state index contributed by atoms with van der Waals surface area (Å²) in [5.74, 6) is -0.358. The van der Waals surface area contributed by atoms with Crippen molar-refractivity contribution < 1.29 is 14.7 Å². The van der Waals surface area contributed by atoms with E-state index in [-0.39, 0.29) is 46.9 Å². The highest BCUT2D eigenvalue weighted by molar-refractivity contribution is 5.94. The lowest BCUT2D eigenvalue weighted by atomic mass is 9.51. The van der Waals surface area contributed by atoms with E-state index >= 15 is 0 Å². The highest BCUT2D eigenvalue weighted by Crippen LogP contribution is 2.55. The number of hydrogen-bond donors (Lipinski definition) is 3. The molecular weight excluding hydrogens is 426 g/mol. The molecule has 2 aliphatic carbocycles. The fourth-order valence-electron chi connectivity index (χ4n) is 6.37. The van der Waals surface area contributed by atoms with Crippen LogP contribution in [0.2, 0.25) is 0 Å². The second kappa shape index (κ2) is 10.3. The molecule has 182 valence electrons. The molecule has 2 aliphatic rings. The predicted molar refractivity (Wildman–Crippen MR) is 132 cm³/mol. The molecule has 3 N–H and O–H groups in total. The van der Waals surface area contributed by atoms with Crippen molar-refractivity contribution in [2.75, 3.05) is 0 Å². The topological polar surface area (TPSA) is 91.3 Å². The summed E-state index contributed by atoms with van der Waals surface area (Å²) < 4.78 is 0. The zero-order chi connectivity index (χ0) is 24.3. The summed E-state index contributed by atoms with van der Waals surface area (Å²) in [6.45, 7) is 6.73. The molecule has 6 heteroatoms. The monoisotopic (exact) mass is 463 g/mol. The van der Waals surface area contributed by atoms with Gasteiger partial charge in [-0.2, -0.15) is 0 Å². The molecule has 0 unspecified atom stereocenters. The number of benzene rings is 1. The first kappa shape index (κ1) is 24.4. The van der Waals surface area contributed by atoms with Crippen molar-refractivity contribution in [2.24, 2.45) is 29.1 Å². The molecule has 1 aromatic carbocycles. The van der Waals surface area contributed by atoms with E-state index in [1.54, 1.807) is 6.20 Å². The van der Waals surface area contributed by atoms with Crippen LogP contribution in [0, 0.1) is 29.1 Å². The van der Waals surface area contributed by atoms with Gasteiger partial charge in [0.2, 0.25) is 5.91 Å². The molecule has 2 saturated carbocycles. The number of hydrogen-bond acceptors (Lipinski definition) is 4. The molecule has 7 atom stereocenters. The molecule has 1 aromatic heterocycles. The molecule has 34 heavy (non-hydrogen) atoms. The van der Waals surface area contributed by atoms with Gasteiger partial charge >= 0.3 is 0 Å². The SMILES string of the molecule is C[C@H]1[C@@H]2[C@@H](O)[C@H]([C@H](C)C(=O)NCc3ccccn3)CC[C@@]2(C)CC[C@@H]1NC(=O)c1ccccc1. The van der Waals surface area contributed by atoms with Gasteiger partial charge < -0.3 is 15.7 Å². The van der Waals surface area contributed by atoms with Gasteiger partial charge in [0, 0.05) is 23.7 Å². The Hall–Kier alpha value is -2.73. The number of carbonyl (C=O) groups excluding carboxylic acids is 2. The first-order chi connectivity index (χ1) is 16.3. The minimum Gasteiger partial charge on any atom is -0.392 e. The first-order valence-electron chi connectivity index (χ1n) is 12.5. The Morgan fingerprint density at radius 3 is 2.53 bits per heavy atom. The van der Waals surface area contributed by atoms with E-state index in [2.05, 4.69) is 29.5 Å². The van der Waals surface area contributed by atoms with E-state index in [9.17, 15) is 14.7 Å². The number of rotatable bonds is 6. The summed E-state index contributed by atoms with van der Waals surface area (Å²) in [4.78, 5) is 30.0.